The molecule has 0 saturated carbocycles. The Morgan fingerprint density at radius 3 is 2.54 bits per heavy atom. The Morgan fingerprint density at radius 2 is 1.79 bits per heavy atom. The fourth-order valence-corrected chi connectivity index (χ4v) is 7.95. The number of aryl methyl sites for hydroxylation is 1. The summed E-state index contributed by atoms with van der Waals surface area (Å²) in [5.41, 5.74) is 1.62. The van der Waals surface area contributed by atoms with Crippen LogP contribution in [0.15, 0.2) is 35.3 Å². The van der Waals surface area contributed by atoms with Crippen LogP contribution in [-0.2, 0) is 11.2 Å². The molecule has 2 aliphatic rings. The molecule has 2 aliphatic heterocycles. The Bertz CT molecular complexity index is 2050. The zero-order valence-corrected chi connectivity index (χ0v) is 32.2. The van der Waals surface area contributed by atoms with E-state index in [0.29, 0.717) is 55.2 Å². The van der Waals surface area contributed by atoms with E-state index in [-0.39, 0.29) is 41.6 Å². The van der Waals surface area contributed by atoms with E-state index in [2.05, 4.69) is 45.6 Å². The van der Waals surface area contributed by atoms with E-state index in [0.717, 1.165) is 64.4 Å². The SMILES string of the molecule is CCCCCC(C)(CCCC)COc1nc(N2CCOCC(C)(O)C2)c2c3c(c(-c4cc(O)cc5ccc(F)c(CC)c45)cc2n1)=NC(C)C(C)C=3. The molecule has 3 heterocycles. The standard InChI is InChI=1S/C43H57FN4O4/c1-8-11-13-17-42(6,16-12-9-2)25-52-41-46-36-23-33(32-22-30(49)21-29-14-15-35(44)31(10-3)37(29)32)39-34(20-27(4)28(5)45-39)38(36)40(47-41)48-18-19-51-26-43(7,50)24-48/h14-15,20-23,27-28,49-50H,8-13,16-19,24-26H2,1-7H3. The van der Waals surface area contributed by atoms with E-state index in [9.17, 15) is 10.2 Å². The predicted molar refractivity (Wildman–Crippen MR) is 208 cm³/mol. The number of hydrogen-bond acceptors (Lipinski definition) is 8. The molecule has 9 heteroatoms. The van der Waals surface area contributed by atoms with E-state index in [1.54, 1.807) is 25.1 Å². The molecule has 0 bridgehead atoms. The molecule has 280 valence electrons. The highest BCUT2D eigenvalue weighted by Gasteiger charge is 2.32. The zero-order valence-electron chi connectivity index (χ0n) is 32.2. The summed E-state index contributed by atoms with van der Waals surface area (Å²) in [6, 6.07) is 8.89. The molecule has 4 atom stereocenters. The molecule has 4 unspecified atom stereocenters. The van der Waals surface area contributed by atoms with Crippen LogP contribution in [0, 0.1) is 17.2 Å². The number of unbranched alkanes of at least 4 members (excludes halogenated alkanes) is 3. The second-order valence-corrected chi connectivity index (χ2v) is 15.9. The number of phenolic OH excluding ortho intramolecular Hbond substituents is 1. The number of hydrogen-bond donors (Lipinski definition) is 2. The second-order valence-electron chi connectivity index (χ2n) is 15.9. The summed E-state index contributed by atoms with van der Waals surface area (Å²) >= 11 is 0. The second kappa shape index (κ2) is 15.7. The highest BCUT2D eigenvalue weighted by Crippen LogP contribution is 2.38. The van der Waals surface area contributed by atoms with E-state index >= 15 is 4.39 Å². The molecule has 52 heavy (non-hydrogen) atoms. The van der Waals surface area contributed by atoms with Gasteiger partial charge < -0.3 is 24.6 Å². The smallest absolute Gasteiger partial charge is 0.318 e. The van der Waals surface area contributed by atoms with Gasteiger partial charge in [0.2, 0.25) is 0 Å². The van der Waals surface area contributed by atoms with Crippen molar-refractivity contribution < 1.29 is 24.1 Å². The molecule has 3 aromatic carbocycles. The Labute approximate surface area is 307 Å². The molecule has 0 amide bonds. The number of aromatic nitrogens is 2. The maximum absolute atomic E-state index is 15.4. The first-order chi connectivity index (χ1) is 24.9. The Kier molecular flexibility index (Phi) is 11.4. The van der Waals surface area contributed by atoms with E-state index in [1.165, 1.54) is 18.9 Å². The number of fused-ring (bicyclic) bond motifs is 4. The van der Waals surface area contributed by atoms with Crippen LogP contribution in [0.1, 0.15) is 99.0 Å². The van der Waals surface area contributed by atoms with Gasteiger partial charge in [-0.05, 0) is 85.2 Å². The van der Waals surface area contributed by atoms with Crippen molar-refractivity contribution in [3.63, 3.8) is 0 Å². The Hall–Kier alpha value is -3.82. The first-order valence-electron chi connectivity index (χ1n) is 19.4. The summed E-state index contributed by atoms with van der Waals surface area (Å²) in [5.74, 6) is 0.615. The molecule has 8 nitrogen and oxygen atoms in total. The number of phenols is 1. The van der Waals surface area contributed by atoms with Crippen molar-refractivity contribution in [2.45, 2.75) is 111 Å². The predicted octanol–water partition coefficient (Wildman–Crippen LogP) is 8.04. The van der Waals surface area contributed by atoms with Crippen LogP contribution in [0.5, 0.6) is 11.8 Å². The lowest BCUT2D eigenvalue weighted by Gasteiger charge is -2.31. The molecule has 2 N–H and O–H groups in total. The van der Waals surface area contributed by atoms with Crippen molar-refractivity contribution in [2.24, 2.45) is 16.3 Å². The number of benzene rings is 3. The topological polar surface area (TPSA) is 100 Å². The number of aliphatic hydroxyl groups is 1. The molecular weight excluding hydrogens is 655 g/mol. The Balaban J connectivity index is 1.63. The van der Waals surface area contributed by atoms with Gasteiger partial charge >= 0.3 is 6.01 Å². The molecule has 6 rings (SSSR count). The van der Waals surface area contributed by atoms with Gasteiger partial charge in [-0.3, -0.25) is 4.99 Å². The van der Waals surface area contributed by atoms with Crippen molar-refractivity contribution in [3.05, 3.63) is 52.3 Å². The molecule has 0 radical (unpaired) electrons. The number of anilines is 1. The third-order valence-electron chi connectivity index (χ3n) is 11.1. The van der Waals surface area contributed by atoms with Crippen LogP contribution in [-0.4, -0.2) is 64.7 Å². The van der Waals surface area contributed by atoms with Crippen LogP contribution in [0.2, 0.25) is 0 Å². The normalized spacial score (nSPS) is 21.7. The largest absolute Gasteiger partial charge is 0.508 e. The lowest BCUT2D eigenvalue weighted by atomic mass is 9.81. The van der Waals surface area contributed by atoms with Crippen LogP contribution in [0.4, 0.5) is 10.2 Å². The fourth-order valence-electron chi connectivity index (χ4n) is 7.95. The summed E-state index contributed by atoms with van der Waals surface area (Å²) in [5, 5.41) is 26.3. The first-order valence-corrected chi connectivity index (χ1v) is 19.4. The molecule has 0 spiro atoms. The van der Waals surface area contributed by atoms with Crippen LogP contribution in [0.25, 0.3) is 38.9 Å². The van der Waals surface area contributed by atoms with Crippen LogP contribution in [0.3, 0.4) is 0 Å². The van der Waals surface area contributed by atoms with E-state index in [1.807, 2.05) is 13.0 Å². The van der Waals surface area contributed by atoms with Gasteiger partial charge in [-0.15, -0.1) is 0 Å². The number of aromatic hydroxyl groups is 1. The summed E-state index contributed by atoms with van der Waals surface area (Å²) in [6.45, 7) is 16.8. The van der Waals surface area contributed by atoms with Crippen molar-refractivity contribution in [2.75, 3.05) is 37.8 Å². The lowest BCUT2D eigenvalue weighted by Crippen LogP contribution is -2.43. The summed E-state index contributed by atoms with van der Waals surface area (Å²) in [7, 11) is 0. The molecule has 0 aliphatic carbocycles. The van der Waals surface area contributed by atoms with Gasteiger partial charge in [-0.2, -0.15) is 9.97 Å². The van der Waals surface area contributed by atoms with Crippen molar-refractivity contribution >= 4 is 33.6 Å². The maximum Gasteiger partial charge on any atom is 0.318 e. The Morgan fingerprint density at radius 1 is 1.02 bits per heavy atom. The van der Waals surface area contributed by atoms with Gasteiger partial charge in [0.1, 0.15) is 23.0 Å². The number of rotatable bonds is 13. The zero-order chi connectivity index (χ0) is 37.2. The lowest BCUT2D eigenvalue weighted by molar-refractivity contribution is -0.0123. The minimum absolute atomic E-state index is 0.0116. The monoisotopic (exact) mass is 712 g/mol. The summed E-state index contributed by atoms with van der Waals surface area (Å²) < 4.78 is 27.9. The van der Waals surface area contributed by atoms with E-state index in [4.69, 9.17) is 24.4 Å². The average Bonchev–Trinajstić information content (AvgIpc) is 3.29. The number of halogens is 1. The quantitative estimate of drug-likeness (QED) is 0.135. The highest BCUT2D eigenvalue weighted by molar-refractivity contribution is 6.03. The summed E-state index contributed by atoms with van der Waals surface area (Å²) in [6.07, 6.45) is 10.6. The molecule has 1 aromatic heterocycles. The van der Waals surface area contributed by atoms with E-state index < -0.39 is 5.60 Å². The number of β-amino-alcohol motifs (C(OH)–C–C–N with tert-alkyl or cyclic N) is 1. The molecule has 4 aromatic rings. The first kappa shape index (κ1) is 37.9. The molecule has 1 fully saturated rings. The van der Waals surface area contributed by atoms with Gasteiger partial charge in [0.15, 0.2) is 0 Å². The van der Waals surface area contributed by atoms with Gasteiger partial charge in [0.05, 0.1) is 48.7 Å². The third-order valence-corrected chi connectivity index (χ3v) is 11.1. The molecule has 1 saturated heterocycles. The van der Waals surface area contributed by atoms with Crippen molar-refractivity contribution in [3.8, 4) is 22.9 Å². The third kappa shape index (κ3) is 7.91. The van der Waals surface area contributed by atoms with Gasteiger partial charge in [-0.25, -0.2) is 4.39 Å². The highest BCUT2D eigenvalue weighted by atomic mass is 19.1. The minimum atomic E-state index is -1.09. The average molecular weight is 713 g/mol. The maximum atomic E-state index is 15.4. The fraction of sp³-hybridized carbons (Fsp3) is 0.558. The molecular formula is C43H57FN4O4. The minimum Gasteiger partial charge on any atom is -0.508 e. The van der Waals surface area contributed by atoms with Crippen LogP contribution < -0.4 is 20.2 Å². The van der Waals surface area contributed by atoms with Crippen molar-refractivity contribution in [1.29, 1.82) is 0 Å². The van der Waals surface area contributed by atoms with Gasteiger partial charge in [-0.1, -0.05) is 78.9 Å². The van der Waals surface area contributed by atoms with Crippen LogP contribution >= 0.6 is 0 Å². The van der Waals surface area contributed by atoms with Gasteiger partial charge in [0.25, 0.3) is 0 Å². The number of ether oxygens (including phenoxy) is 2. The van der Waals surface area contributed by atoms with Crippen molar-refractivity contribution in [1.82, 2.24) is 9.97 Å². The summed E-state index contributed by atoms with van der Waals surface area (Å²) in [4.78, 5) is 17.6. The van der Waals surface area contributed by atoms with Gasteiger partial charge in [0, 0.05) is 22.7 Å². The number of nitrogens with zero attached hydrogens (tertiary/aromatic N) is 4.